The Morgan fingerprint density at radius 2 is 1.60 bits per heavy atom. The molecule has 0 bridgehead atoms. The van der Waals surface area contributed by atoms with Crippen LogP contribution >= 0.6 is 8.25 Å². The van der Waals surface area contributed by atoms with E-state index >= 15 is 0 Å². The molecule has 4 aromatic carbocycles. The third-order valence-corrected chi connectivity index (χ3v) is 9.30. The summed E-state index contributed by atoms with van der Waals surface area (Å²) in [5.74, 6) is 2.01. The normalized spacial score (nSPS) is 14.1. The lowest BCUT2D eigenvalue weighted by atomic mass is 9.90. The first-order chi connectivity index (χ1) is 23.3. The SMILES string of the molecule is CNC(=O)c1cc(C(C)NC(=O)c2ccc(O[P+](=O)OCc3cc(OC)c4ccccc4c3OC)cc2)ccc1OCC1CCCCC1. The van der Waals surface area contributed by atoms with Gasteiger partial charge < -0.3 is 24.8 Å². The first-order valence-electron chi connectivity index (χ1n) is 16.1. The second-order valence-corrected chi connectivity index (χ2v) is 12.7. The number of carbonyl (C=O) groups is 2. The van der Waals surface area contributed by atoms with Gasteiger partial charge in [0.05, 0.1) is 32.4 Å². The van der Waals surface area contributed by atoms with Crippen LogP contribution in [0.15, 0.2) is 72.8 Å². The molecule has 5 rings (SSSR count). The number of methoxy groups -OCH3 is 2. The molecule has 10 nitrogen and oxygen atoms in total. The van der Waals surface area contributed by atoms with Gasteiger partial charge in [-0.15, -0.1) is 4.52 Å². The van der Waals surface area contributed by atoms with Crippen molar-refractivity contribution in [2.75, 3.05) is 27.9 Å². The van der Waals surface area contributed by atoms with Gasteiger partial charge in [0.2, 0.25) is 0 Å². The average Bonchev–Trinajstić information content (AvgIpc) is 3.12. The van der Waals surface area contributed by atoms with Crippen molar-refractivity contribution in [2.24, 2.45) is 5.92 Å². The summed E-state index contributed by atoms with van der Waals surface area (Å²) in [5.41, 5.74) is 2.24. The van der Waals surface area contributed by atoms with Gasteiger partial charge in [0.1, 0.15) is 23.9 Å². The van der Waals surface area contributed by atoms with Gasteiger partial charge in [0.25, 0.3) is 11.8 Å². The third-order valence-electron chi connectivity index (χ3n) is 8.60. The quantitative estimate of drug-likeness (QED) is 0.130. The molecule has 0 heterocycles. The van der Waals surface area contributed by atoms with Crippen molar-refractivity contribution in [1.82, 2.24) is 10.6 Å². The molecular formula is C37H42N2O8P+. The third kappa shape index (κ3) is 8.43. The zero-order chi connectivity index (χ0) is 34.0. The summed E-state index contributed by atoms with van der Waals surface area (Å²) in [6.07, 6.45) is 6.00. The Kier molecular flexibility index (Phi) is 11.9. The Balaban J connectivity index is 1.17. The molecule has 2 N–H and O–H groups in total. The van der Waals surface area contributed by atoms with E-state index in [0.29, 0.717) is 46.5 Å². The number of amides is 2. The Labute approximate surface area is 282 Å². The number of hydrogen-bond acceptors (Lipinski definition) is 8. The van der Waals surface area contributed by atoms with Crippen molar-refractivity contribution in [3.8, 4) is 23.0 Å². The number of rotatable bonds is 14. The van der Waals surface area contributed by atoms with Crippen molar-refractivity contribution in [2.45, 2.75) is 51.7 Å². The molecule has 0 radical (unpaired) electrons. The monoisotopic (exact) mass is 673 g/mol. The van der Waals surface area contributed by atoms with E-state index < -0.39 is 14.3 Å². The number of benzene rings is 4. The second kappa shape index (κ2) is 16.4. The molecular weight excluding hydrogens is 631 g/mol. The van der Waals surface area contributed by atoms with Crippen molar-refractivity contribution in [3.63, 3.8) is 0 Å². The molecule has 1 fully saturated rings. The summed E-state index contributed by atoms with van der Waals surface area (Å²) in [5, 5.41) is 7.40. The summed E-state index contributed by atoms with van der Waals surface area (Å²) >= 11 is 0. The molecule has 0 spiro atoms. The summed E-state index contributed by atoms with van der Waals surface area (Å²) in [4.78, 5) is 25.8. The number of ether oxygens (including phenoxy) is 3. The van der Waals surface area contributed by atoms with Gasteiger partial charge in [-0.1, -0.05) is 49.6 Å². The van der Waals surface area contributed by atoms with Gasteiger partial charge in [-0.05, 0) is 73.7 Å². The maximum atomic E-state index is 13.1. The molecule has 2 unspecified atom stereocenters. The van der Waals surface area contributed by atoms with Crippen LogP contribution in [-0.2, 0) is 15.7 Å². The zero-order valence-electron chi connectivity index (χ0n) is 27.7. The van der Waals surface area contributed by atoms with Gasteiger partial charge in [-0.3, -0.25) is 9.59 Å². The molecule has 252 valence electrons. The van der Waals surface area contributed by atoms with Gasteiger partial charge in [0, 0.05) is 33.5 Å². The van der Waals surface area contributed by atoms with Gasteiger partial charge in [0.15, 0.2) is 5.75 Å². The smallest absolute Gasteiger partial charge is 0.496 e. The lowest BCUT2D eigenvalue weighted by molar-refractivity contribution is 0.0938. The summed E-state index contributed by atoms with van der Waals surface area (Å²) in [6.45, 7) is 2.40. The molecule has 11 heteroatoms. The minimum absolute atomic E-state index is 0.0345. The Morgan fingerprint density at radius 3 is 2.29 bits per heavy atom. The highest BCUT2D eigenvalue weighted by molar-refractivity contribution is 7.33. The standard InChI is InChI=1S/C37H41N2O8P/c1-24(27-16-19-33(32(20-27)37(41)38-2)45-22-25-10-6-5-7-11-25)39-36(40)26-14-17-29(18-15-26)47-48(42)46-23-28-21-34(43-3)30-12-8-9-13-31(30)35(28)44-4/h8-9,12-21,24-25H,5-7,10-11,22-23H2,1-4H3,(H-,38,39,40,41)/p+1. The van der Waals surface area contributed by atoms with Crippen LogP contribution in [0.4, 0.5) is 0 Å². The van der Waals surface area contributed by atoms with E-state index in [1.807, 2.05) is 37.3 Å². The van der Waals surface area contributed by atoms with Gasteiger partial charge in [-0.25, -0.2) is 4.52 Å². The lowest BCUT2D eigenvalue weighted by Crippen LogP contribution is -2.27. The van der Waals surface area contributed by atoms with E-state index in [9.17, 15) is 14.2 Å². The van der Waals surface area contributed by atoms with E-state index in [2.05, 4.69) is 10.6 Å². The largest absolute Gasteiger partial charge is 0.750 e. The maximum absolute atomic E-state index is 13.1. The van der Waals surface area contributed by atoms with Crippen LogP contribution < -0.4 is 29.4 Å². The van der Waals surface area contributed by atoms with E-state index in [4.69, 9.17) is 23.3 Å². The van der Waals surface area contributed by atoms with E-state index in [-0.39, 0.29) is 24.2 Å². The molecule has 2 atom stereocenters. The van der Waals surface area contributed by atoms with E-state index in [1.54, 1.807) is 63.7 Å². The number of nitrogens with one attached hydrogen (secondary N) is 2. The number of carbonyl (C=O) groups excluding carboxylic acids is 2. The molecule has 0 aliphatic heterocycles. The molecule has 48 heavy (non-hydrogen) atoms. The van der Waals surface area contributed by atoms with Crippen LogP contribution in [0.1, 0.15) is 76.9 Å². The second-order valence-electron chi connectivity index (χ2n) is 11.8. The first-order valence-corrected chi connectivity index (χ1v) is 17.2. The maximum Gasteiger partial charge on any atom is 0.750 e. The Bertz CT molecular complexity index is 1750. The number of fused-ring (bicyclic) bond motifs is 1. The fourth-order valence-corrected chi connectivity index (χ4v) is 6.56. The summed E-state index contributed by atoms with van der Waals surface area (Å²) in [7, 11) is 2.20. The van der Waals surface area contributed by atoms with Crippen LogP contribution in [0.25, 0.3) is 10.8 Å². The zero-order valence-corrected chi connectivity index (χ0v) is 28.6. The van der Waals surface area contributed by atoms with Gasteiger partial charge >= 0.3 is 8.25 Å². The fourth-order valence-electron chi connectivity index (χ4n) is 5.97. The van der Waals surface area contributed by atoms with Crippen LogP contribution in [0.5, 0.6) is 23.0 Å². The van der Waals surface area contributed by atoms with Crippen LogP contribution in [0.3, 0.4) is 0 Å². The molecule has 1 aliphatic carbocycles. The predicted molar refractivity (Wildman–Crippen MR) is 184 cm³/mol. The van der Waals surface area contributed by atoms with Gasteiger partial charge in [-0.2, -0.15) is 0 Å². The Hall–Kier alpha value is -4.66. The fraction of sp³-hybridized carbons (Fsp3) is 0.351. The van der Waals surface area contributed by atoms with Crippen molar-refractivity contribution < 1.29 is 37.4 Å². The average molecular weight is 674 g/mol. The summed E-state index contributed by atoms with van der Waals surface area (Å²) < 4.78 is 40.9. The van der Waals surface area contributed by atoms with Crippen molar-refractivity contribution in [1.29, 1.82) is 0 Å². The van der Waals surface area contributed by atoms with Crippen LogP contribution in [-0.4, -0.2) is 39.7 Å². The van der Waals surface area contributed by atoms with Crippen molar-refractivity contribution >= 4 is 30.8 Å². The minimum Gasteiger partial charge on any atom is -0.496 e. The lowest BCUT2D eigenvalue weighted by Gasteiger charge is -2.23. The van der Waals surface area contributed by atoms with Crippen LogP contribution in [0, 0.1) is 5.92 Å². The highest BCUT2D eigenvalue weighted by Crippen LogP contribution is 2.39. The summed E-state index contributed by atoms with van der Waals surface area (Å²) in [6, 6.07) is 20.8. The minimum atomic E-state index is -2.53. The molecule has 0 aromatic heterocycles. The van der Waals surface area contributed by atoms with E-state index in [0.717, 1.165) is 29.2 Å². The Morgan fingerprint density at radius 1 is 0.875 bits per heavy atom. The number of hydrogen-bond donors (Lipinski definition) is 2. The highest BCUT2D eigenvalue weighted by atomic mass is 31.1. The molecule has 2 amide bonds. The van der Waals surface area contributed by atoms with E-state index in [1.165, 1.54) is 19.3 Å². The molecule has 0 saturated heterocycles. The molecule has 4 aromatic rings. The molecule has 1 saturated carbocycles. The predicted octanol–water partition coefficient (Wildman–Crippen LogP) is 7.92. The first kappa shape index (κ1) is 34.7. The highest BCUT2D eigenvalue weighted by Gasteiger charge is 2.25. The van der Waals surface area contributed by atoms with Crippen molar-refractivity contribution in [3.05, 3.63) is 95.1 Å². The molecule has 1 aliphatic rings. The topological polar surface area (TPSA) is 121 Å². The van der Waals surface area contributed by atoms with Crippen LogP contribution in [0.2, 0.25) is 0 Å².